The van der Waals surface area contributed by atoms with Crippen molar-refractivity contribution < 1.29 is 13.6 Å². The molecule has 2 heterocycles. The monoisotopic (exact) mass is 443 g/mol. The molecule has 0 bridgehead atoms. The number of furan rings is 1. The number of hydrogen-bond donors (Lipinski definition) is 1. The molecule has 6 heteroatoms. The Morgan fingerprint density at radius 1 is 1.03 bits per heavy atom. The SMILES string of the molecule is Cc1ccc(C)c(CN(Cc2nc(C(=O)NCc3ccco3)co2)C(C)c2ccccc2)c1. The molecule has 0 aliphatic heterocycles. The second kappa shape index (κ2) is 10.3. The number of hydrogen-bond acceptors (Lipinski definition) is 5. The zero-order valence-corrected chi connectivity index (χ0v) is 19.2. The van der Waals surface area contributed by atoms with Crippen molar-refractivity contribution in [1.82, 2.24) is 15.2 Å². The molecule has 33 heavy (non-hydrogen) atoms. The van der Waals surface area contributed by atoms with Crippen LogP contribution in [0.3, 0.4) is 0 Å². The van der Waals surface area contributed by atoms with E-state index in [0.29, 0.717) is 24.7 Å². The van der Waals surface area contributed by atoms with Crippen LogP contribution in [-0.4, -0.2) is 15.8 Å². The molecule has 0 saturated heterocycles. The summed E-state index contributed by atoms with van der Waals surface area (Å²) < 4.78 is 10.9. The average Bonchev–Trinajstić information content (AvgIpc) is 3.52. The third-order valence-electron chi connectivity index (χ3n) is 5.83. The smallest absolute Gasteiger partial charge is 0.273 e. The summed E-state index contributed by atoms with van der Waals surface area (Å²) in [5.74, 6) is 0.897. The molecule has 0 radical (unpaired) electrons. The molecule has 170 valence electrons. The van der Waals surface area contributed by atoms with Gasteiger partial charge in [-0.3, -0.25) is 9.69 Å². The first-order valence-corrected chi connectivity index (χ1v) is 11.1. The Kier molecular flexibility index (Phi) is 7.05. The van der Waals surface area contributed by atoms with Gasteiger partial charge in [-0.05, 0) is 49.6 Å². The highest BCUT2D eigenvalue weighted by Gasteiger charge is 2.21. The van der Waals surface area contributed by atoms with Gasteiger partial charge < -0.3 is 14.2 Å². The van der Waals surface area contributed by atoms with Gasteiger partial charge in [-0.2, -0.15) is 0 Å². The minimum atomic E-state index is -0.293. The summed E-state index contributed by atoms with van der Waals surface area (Å²) in [5.41, 5.74) is 5.22. The quantitative estimate of drug-likeness (QED) is 0.366. The molecule has 1 atom stereocenters. The van der Waals surface area contributed by atoms with Gasteiger partial charge in [-0.15, -0.1) is 0 Å². The van der Waals surface area contributed by atoms with Crippen molar-refractivity contribution in [3.8, 4) is 0 Å². The van der Waals surface area contributed by atoms with E-state index in [1.807, 2.05) is 12.1 Å². The van der Waals surface area contributed by atoms with Crippen LogP contribution < -0.4 is 5.32 Å². The fourth-order valence-electron chi connectivity index (χ4n) is 3.79. The molecule has 0 aliphatic carbocycles. The molecule has 4 aromatic rings. The number of aryl methyl sites for hydroxylation is 2. The third kappa shape index (κ3) is 5.79. The molecular formula is C27H29N3O3. The molecule has 1 N–H and O–H groups in total. The zero-order valence-electron chi connectivity index (χ0n) is 19.2. The van der Waals surface area contributed by atoms with Crippen LogP contribution in [0, 0.1) is 13.8 Å². The maximum atomic E-state index is 12.5. The molecule has 1 amide bonds. The molecule has 0 aliphatic rings. The molecular weight excluding hydrogens is 414 g/mol. The van der Waals surface area contributed by atoms with Crippen molar-refractivity contribution in [3.63, 3.8) is 0 Å². The van der Waals surface area contributed by atoms with Gasteiger partial charge in [0.2, 0.25) is 5.89 Å². The minimum absolute atomic E-state index is 0.134. The van der Waals surface area contributed by atoms with Crippen LogP contribution >= 0.6 is 0 Å². The standard InChI is InChI=1S/C27H29N3O3/c1-19-11-12-20(2)23(14-19)16-30(21(3)22-8-5-4-6-9-22)17-26-29-25(18-33-26)27(31)28-15-24-10-7-13-32-24/h4-14,18,21H,15-17H2,1-3H3,(H,28,31). The number of carbonyl (C=O) groups is 1. The van der Waals surface area contributed by atoms with Gasteiger partial charge in [0.1, 0.15) is 12.0 Å². The molecule has 2 aromatic carbocycles. The Morgan fingerprint density at radius 2 is 1.85 bits per heavy atom. The second-order valence-corrected chi connectivity index (χ2v) is 8.31. The summed E-state index contributed by atoms with van der Waals surface area (Å²) in [6, 6.07) is 20.6. The lowest BCUT2D eigenvalue weighted by Crippen LogP contribution is -2.27. The number of benzene rings is 2. The van der Waals surface area contributed by atoms with Crippen LogP contribution in [0.5, 0.6) is 0 Å². The highest BCUT2D eigenvalue weighted by Crippen LogP contribution is 2.26. The van der Waals surface area contributed by atoms with E-state index >= 15 is 0 Å². The summed E-state index contributed by atoms with van der Waals surface area (Å²) in [4.78, 5) is 19.2. The van der Waals surface area contributed by atoms with Crippen LogP contribution in [0.2, 0.25) is 0 Å². The van der Waals surface area contributed by atoms with E-state index in [1.54, 1.807) is 12.3 Å². The first-order chi connectivity index (χ1) is 16.0. The topological polar surface area (TPSA) is 71.5 Å². The molecule has 4 rings (SSSR count). The van der Waals surface area contributed by atoms with E-state index < -0.39 is 0 Å². The maximum Gasteiger partial charge on any atom is 0.273 e. The van der Waals surface area contributed by atoms with Crippen molar-refractivity contribution in [2.75, 3.05) is 0 Å². The maximum absolute atomic E-state index is 12.5. The van der Waals surface area contributed by atoms with Gasteiger partial charge >= 0.3 is 0 Å². The molecule has 0 saturated carbocycles. The highest BCUT2D eigenvalue weighted by atomic mass is 16.3. The number of carbonyl (C=O) groups excluding carboxylic acids is 1. The minimum Gasteiger partial charge on any atom is -0.467 e. The zero-order chi connectivity index (χ0) is 23.2. The second-order valence-electron chi connectivity index (χ2n) is 8.31. The lowest BCUT2D eigenvalue weighted by atomic mass is 10.0. The largest absolute Gasteiger partial charge is 0.467 e. The predicted molar refractivity (Wildman–Crippen MR) is 126 cm³/mol. The fourth-order valence-corrected chi connectivity index (χ4v) is 3.79. The first-order valence-electron chi connectivity index (χ1n) is 11.1. The number of nitrogens with one attached hydrogen (secondary N) is 1. The van der Waals surface area contributed by atoms with Gasteiger partial charge in [0.05, 0.1) is 19.4 Å². The normalized spacial score (nSPS) is 12.1. The molecule has 2 aromatic heterocycles. The van der Waals surface area contributed by atoms with Gasteiger partial charge in [0.15, 0.2) is 5.69 Å². The van der Waals surface area contributed by atoms with Gasteiger partial charge in [0, 0.05) is 12.6 Å². The Bertz CT molecular complexity index is 1180. The Labute approximate surface area is 194 Å². The van der Waals surface area contributed by atoms with E-state index in [9.17, 15) is 4.79 Å². The fraction of sp³-hybridized carbons (Fsp3) is 0.259. The molecule has 0 spiro atoms. The number of rotatable bonds is 9. The highest BCUT2D eigenvalue weighted by molar-refractivity contribution is 5.91. The summed E-state index contributed by atoms with van der Waals surface area (Å²) in [5, 5.41) is 2.80. The molecule has 6 nitrogen and oxygen atoms in total. The van der Waals surface area contributed by atoms with Gasteiger partial charge in [0.25, 0.3) is 5.91 Å². The van der Waals surface area contributed by atoms with Crippen LogP contribution in [0.1, 0.15) is 57.4 Å². The molecule has 1 unspecified atom stereocenters. The van der Waals surface area contributed by atoms with E-state index in [0.717, 1.165) is 6.54 Å². The summed E-state index contributed by atoms with van der Waals surface area (Å²) in [6.07, 6.45) is 2.99. The third-order valence-corrected chi connectivity index (χ3v) is 5.83. The van der Waals surface area contributed by atoms with Crippen LogP contribution in [0.4, 0.5) is 0 Å². The Hall–Kier alpha value is -3.64. The molecule has 0 fully saturated rings. The van der Waals surface area contributed by atoms with Crippen LogP contribution in [-0.2, 0) is 19.6 Å². The van der Waals surface area contributed by atoms with E-state index in [2.05, 4.69) is 78.4 Å². The van der Waals surface area contributed by atoms with Crippen molar-refractivity contribution in [3.05, 3.63) is 113 Å². The first kappa shape index (κ1) is 22.6. The summed E-state index contributed by atoms with van der Waals surface area (Å²) in [7, 11) is 0. The Morgan fingerprint density at radius 3 is 2.61 bits per heavy atom. The van der Waals surface area contributed by atoms with Crippen molar-refractivity contribution in [2.45, 2.75) is 46.4 Å². The van der Waals surface area contributed by atoms with Gasteiger partial charge in [-0.1, -0.05) is 54.1 Å². The number of oxazole rings is 1. The van der Waals surface area contributed by atoms with E-state index in [1.165, 1.54) is 28.5 Å². The lowest BCUT2D eigenvalue weighted by Gasteiger charge is -2.29. The van der Waals surface area contributed by atoms with Crippen molar-refractivity contribution >= 4 is 5.91 Å². The number of nitrogens with zero attached hydrogens (tertiary/aromatic N) is 2. The average molecular weight is 444 g/mol. The van der Waals surface area contributed by atoms with Crippen LogP contribution in [0.15, 0.2) is 82.0 Å². The number of aromatic nitrogens is 1. The predicted octanol–water partition coefficient (Wildman–Crippen LogP) is 5.58. The van der Waals surface area contributed by atoms with Crippen molar-refractivity contribution in [2.24, 2.45) is 0 Å². The summed E-state index contributed by atoms with van der Waals surface area (Å²) in [6.45, 7) is 7.95. The number of amides is 1. The summed E-state index contributed by atoms with van der Waals surface area (Å²) >= 11 is 0. The van der Waals surface area contributed by atoms with Gasteiger partial charge in [-0.25, -0.2) is 4.98 Å². The van der Waals surface area contributed by atoms with Crippen molar-refractivity contribution in [1.29, 1.82) is 0 Å². The Balaban J connectivity index is 1.51. The van der Waals surface area contributed by atoms with E-state index in [-0.39, 0.29) is 17.6 Å². The van der Waals surface area contributed by atoms with Crippen LogP contribution in [0.25, 0.3) is 0 Å². The lowest BCUT2D eigenvalue weighted by molar-refractivity contribution is 0.0943. The van der Waals surface area contributed by atoms with E-state index in [4.69, 9.17) is 8.83 Å².